The van der Waals surface area contributed by atoms with E-state index in [0.29, 0.717) is 18.7 Å². The summed E-state index contributed by atoms with van der Waals surface area (Å²) in [6.07, 6.45) is 1.54. The Bertz CT molecular complexity index is 514. The third kappa shape index (κ3) is 4.65. The Kier molecular flexibility index (Phi) is 6.06. The molecule has 1 unspecified atom stereocenters. The van der Waals surface area contributed by atoms with Gasteiger partial charge in [-0.2, -0.15) is 0 Å². The number of hydrogen-bond acceptors (Lipinski definition) is 4. The number of anilines is 1. The maximum Gasteiger partial charge on any atom is 0.242 e. The van der Waals surface area contributed by atoms with E-state index in [1.165, 1.54) is 19.2 Å². The molecule has 0 radical (unpaired) electrons. The first-order valence-electron chi connectivity index (χ1n) is 5.97. The summed E-state index contributed by atoms with van der Waals surface area (Å²) < 4.78 is 32.1. The van der Waals surface area contributed by atoms with Gasteiger partial charge < -0.3 is 10.5 Å². The predicted molar refractivity (Wildman–Crippen MR) is 76.8 cm³/mol. The van der Waals surface area contributed by atoms with Crippen LogP contribution in [0.3, 0.4) is 0 Å². The van der Waals surface area contributed by atoms with Gasteiger partial charge in [-0.1, -0.05) is 24.9 Å². The lowest BCUT2D eigenvalue weighted by Gasteiger charge is -2.18. The average molecular weight is 307 g/mol. The van der Waals surface area contributed by atoms with Crippen LogP contribution < -0.4 is 10.5 Å². The van der Waals surface area contributed by atoms with E-state index in [0.717, 1.165) is 6.42 Å². The van der Waals surface area contributed by atoms with Gasteiger partial charge in [0.25, 0.3) is 0 Å². The van der Waals surface area contributed by atoms with E-state index in [1.807, 2.05) is 6.92 Å². The van der Waals surface area contributed by atoms with Crippen LogP contribution in [0.15, 0.2) is 23.1 Å². The summed E-state index contributed by atoms with van der Waals surface area (Å²) in [6, 6.07) is 4.09. The second-order valence-electron chi connectivity index (χ2n) is 4.25. The molecule has 0 saturated carbocycles. The van der Waals surface area contributed by atoms with Gasteiger partial charge in [0.2, 0.25) is 10.0 Å². The smallest absolute Gasteiger partial charge is 0.242 e. The molecular weight excluding hydrogens is 288 g/mol. The third-order valence-corrected chi connectivity index (χ3v) is 4.57. The summed E-state index contributed by atoms with van der Waals surface area (Å²) in [6.45, 7) is 2.29. The van der Waals surface area contributed by atoms with Crippen molar-refractivity contribution in [2.75, 3.05) is 19.5 Å². The van der Waals surface area contributed by atoms with Crippen molar-refractivity contribution in [2.24, 2.45) is 0 Å². The van der Waals surface area contributed by atoms with Crippen molar-refractivity contribution in [3.63, 3.8) is 0 Å². The average Bonchev–Trinajstić information content (AvgIpc) is 2.32. The molecule has 0 aliphatic heterocycles. The van der Waals surface area contributed by atoms with Crippen LogP contribution in [0, 0.1) is 0 Å². The van der Waals surface area contributed by atoms with Gasteiger partial charge in [0.05, 0.1) is 11.6 Å². The molecule has 1 rings (SSSR count). The number of rotatable bonds is 7. The van der Waals surface area contributed by atoms with E-state index in [-0.39, 0.29) is 16.0 Å². The number of nitrogens with one attached hydrogen (secondary N) is 1. The Hall–Kier alpha value is -0.820. The Morgan fingerprint density at radius 1 is 1.47 bits per heavy atom. The summed E-state index contributed by atoms with van der Waals surface area (Å²) in [5.74, 6) is 0. The van der Waals surface area contributed by atoms with Crippen molar-refractivity contribution in [2.45, 2.75) is 30.7 Å². The lowest BCUT2D eigenvalue weighted by Crippen LogP contribution is -2.38. The van der Waals surface area contributed by atoms with Crippen LogP contribution >= 0.6 is 11.6 Å². The number of benzene rings is 1. The fourth-order valence-electron chi connectivity index (χ4n) is 1.73. The summed E-state index contributed by atoms with van der Waals surface area (Å²) in [5.41, 5.74) is 5.95. The van der Waals surface area contributed by atoms with Crippen molar-refractivity contribution < 1.29 is 13.2 Å². The fraction of sp³-hybridized carbons (Fsp3) is 0.500. The summed E-state index contributed by atoms with van der Waals surface area (Å²) >= 11 is 5.91. The maximum atomic E-state index is 12.3. The van der Waals surface area contributed by atoms with E-state index in [1.54, 1.807) is 6.07 Å². The summed E-state index contributed by atoms with van der Waals surface area (Å²) in [4.78, 5) is -0.00799. The molecule has 0 bridgehead atoms. The van der Waals surface area contributed by atoms with Crippen LogP contribution in [-0.4, -0.2) is 28.2 Å². The molecule has 0 aromatic heterocycles. The predicted octanol–water partition coefficient (Wildman–Crippen LogP) is 2.02. The van der Waals surface area contributed by atoms with Gasteiger partial charge in [0, 0.05) is 18.8 Å². The van der Waals surface area contributed by atoms with E-state index in [9.17, 15) is 8.42 Å². The summed E-state index contributed by atoms with van der Waals surface area (Å²) in [5, 5.41) is 0.148. The van der Waals surface area contributed by atoms with Crippen LogP contribution in [-0.2, 0) is 14.8 Å². The molecule has 1 aromatic carbocycles. The highest BCUT2D eigenvalue weighted by molar-refractivity contribution is 7.89. The Morgan fingerprint density at radius 3 is 2.74 bits per heavy atom. The molecule has 19 heavy (non-hydrogen) atoms. The van der Waals surface area contributed by atoms with E-state index in [4.69, 9.17) is 22.1 Å². The molecule has 1 aromatic rings. The minimum absolute atomic E-state index is 0.00799. The molecule has 0 amide bonds. The zero-order valence-electron chi connectivity index (χ0n) is 11.0. The van der Waals surface area contributed by atoms with Gasteiger partial charge in [0.15, 0.2) is 0 Å². The lowest BCUT2D eigenvalue weighted by molar-refractivity contribution is 0.171. The Morgan fingerprint density at radius 2 is 2.16 bits per heavy atom. The fourth-order valence-corrected chi connectivity index (χ4v) is 3.52. The standard InChI is InChI=1S/C12H19ClN2O3S/c1-3-4-10(8-18-2)15-19(16,17)12-7-9(14)5-6-11(12)13/h5-7,10,15H,3-4,8,14H2,1-2H3. The highest BCUT2D eigenvalue weighted by atomic mass is 35.5. The van der Waals surface area contributed by atoms with Crippen LogP contribution in [0.4, 0.5) is 5.69 Å². The Balaban J connectivity index is 2.99. The van der Waals surface area contributed by atoms with Crippen LogP contribution in [0.5, 0.6) is 0 Å². The van der Waals surface area contributed by atoms with E-state index < -0.39 is 10.0 Å². The monoisotopic (exact) mass is 306 g/mol. The normalized spacial score (nSPS) is 13.4. The van der Waals surface area contributed by atoms with Crippen molar-refractivity contribution in [3.8, 4) is 0 Å². The molecule has 0 saturated heterocycles. The molecule has 7 heteroatoms. The van der Waals surface area contributed by atoms with Gasteiger partial charge >= 0.3 is 0 Å². The molecule has 0 aliphatic rings. The molecule has 0 fully saturated rings. The first kappa shape index (κ1) is 16.2. The van der Waals surface area contributed by atoms with Gasteiger partial charge in [-0.3, -0.25) is 0 Å². The van der Waals surface area contributed by atoms with E-state index in [2.05, 4.69) is 4.72 Å². The minimum Gasteiger partial charge on any atom is -0.399 e. The highest BCUT2D eigenvalue weighted by Gasteiger charge is 2.22. The van der Waals surface area contributed by atoms with Crippen molar-refractivity contribution >= 4 is 27.3 Å². The third-order valence-electron chi connectivity index (χ3n) is 2.57. The number of sulfonamides is 1. The molecule has 1 atom stereocenters. The van der Waals surface area contributed by atoms with Crippen molar-refractivity contribution in [1.29, 1.82) is 0 Å². The van der Waals surface area contributed by atoms with Gasteiger partial charge in [-0.15, -0.1) is 0 Å². The second-order valence-corrected chi connectivity index (χ2v) is 6.34. The number of nitrogens with two attached hydrogens (primary N) is 1. The van der Waals surface area contributed by atoms with Gasteiger partial charge in [-0.25, -0.2) is 13.1 Å². The first-order valence-corrected chi connectivity index (χ1v) is 7.83. The number of halogens is 1. The molecule has 0 aliphatic carbocycles. The molecule has 5 nitrogen and oxygen atoms in total. The number of ether oxygens (including phenoxy) is 1. The number of nitrogen functional groups attached to an aromatic ring is 1. The van der Waals surface area contributed by atoms with Crippen molar-refractivity contribution in [1.82, 2.24) is 4.72 Å². The topological polar surface area (TPSA) is 81.4 Å². The highest BCUT2D eigenvalue weighted by Crippen LogP contribution is 2.24. The SMILES string of the molecule is CCCC(COC)NS(=O)(=O)c1cc(N)ccc1Cl. The molecule has 108 valence electrons. The molecule has 0 heterocycles. The van der Waals surface area contributed by atoms with Crippen molar-refractivity contribution in [3.05, 3.63) is 23.2 Å². The van der Waals surface area contributed by atoms with Crippen LogP contribution in [0.2, 0.25) is 5.02 Å². The summed E-state index contributed by atoms with van der Waals surface area (Å²) in [7, 11) is -2.17. The minimum atomic E-state index is -3.70. The molecule has 0 spiro atoms. The Labute approximate surface area is 119 Å². The van der Waals surface area contributed by atoms with Crippen LogP contribution in [0.25, 0.3) is 0 Å². The second kappa shape index (κ2) is 7.09. The molecular formula is C12H19ClN2O3S. The van der Waals surface area contributed by atoms with Gasteiger partial charge in [-0.05, 0) is 24.6 Å². The number of hydrogen-bond donors (Lipinski definition) is 2. The largest absolute Gasteiger partial charge is 0.399 e. The first-order chi connectivity index (χ1) is 8.90. The van der Waals surface area contributed by atoms with Crippen LogP contribution in [0.1, 0.15) is 19.8 Å². The lowest BCUT2D eigenvalue weighted by atomic mass is 10.2. The maximum absolute atomic E-state index is 12.3. The van der Waals surface area contributed by atoms with Gasteiger partial charge in [0.1, 0.15) is 4.90 Å². The van der Waals surface area contributed by atoms with E-state index >= 15 is 0 Å². The number of methoxy groups -OCH3 is 1. The quantitative estimate of drug-likeness (QED) is 0.755. The zero-order chi connectivity index (χ0) is 14.5. The zero-order valence-corrected chi connectivity index (χ0v) is 12.6. The molecule has 3 N–H and O–H groups in total.